The lowest BCUT2D eigenvalue weighted by Gasteiger charge is -1.98. The summed E-state index contributed by atoms with van der Waals surface area (Å²) in [6, 6.07) is 0. The molecule has 0 atom stereocenters. The Morgan fingerprint density at radius 2 is 2.47 bits per heavy atom. The van der Waals surface area contributed by atoms with Gasteiger partial charge in [0.05, 0.1) is 0 Å². The molecule has 6 heteroatoms. The van der Waals surface area contributed by atoms with Crippen LogP contribution in [-0.2, 0) is 0 Å². The number of nitrogens with zero attached hydrogens (tertiary/aromatic N) is 4. The molecule has 2 rings (SSSR count). The van der Waals surface area contributed by atoms with Crippen molar-refractivity contribution in [2.24, 2.45) is 4.99 Å². The van der Waals surface area contributed by atoms with Crippen LogP contribution in [0.15, 0.2) is 40.5 Å². The van der Waals surface area contributed by atoms with E-state index in [1.165, 1.54) is 17.2 Å². The van der Waals surface area contributed by atoms with Crippen LogP contribution in [0.3, 0.4) is 0 Å². The molecule has 6 nitrogen and oxygen atoms in total. The van der Waals surface area contributed by atoms with Crippen molar-refractivity contribution in [1.82, 2.24) is 19.7 Å². The van der Waals surface area contributed by atoms with Gasteiger partial charge in [-0.05, 0) is 19.7 Å². The number of rotatable bonds is 3. The van der Waals surface area contributed by atoms with Crippen molar-refractivity contribution in [3.8, 4) is 0 Å². The second-order valence-electron chi connectivity index (χ2n) is 3.25. The number of allylic oxidation sites excluding steroid dienone is 3. The van der Waals surface area contributed by atoms with Gasteiger partial charge in [0, 0.05) is 6.20 Å². The predicted molar refractivity (Wildman–Crippen MR) is 66.8 cm³/mol. The van der Waals surface area contributed by atoms with E-state index in [4.69, 9.17) is 0 Å². The van der Waals surface area contributed by atoms with E-state index in [1.54, 1.807) is 12.2 Å². The van der Waals surface area contributed by atoms with Gasteiger partial charge in [-0.2, -0.15) is 4.68 Å². The topological polar surface area (TPSA) is 75.9 Å². The van der Waals surface area contributed by atoms with Gasteiger partial charge in [-0.15, -0.1) is 0 Å². The molecule has 0 saturated carbocycles. The van der Waals surface area contributed by atoms with E-state index in [1.807, 2.05) is 13.0 Å². The molecule has 0 amide bonds. The van der Waals surface area contributed by atoms with Crippen LogP contribution >= 0.6 is 0 Å². The minimum atomic E-state index is -0.247. The van der Waals surface area contributed by atoms with E-state index in [0.29, 0.717) is 16.9 Å². The van der Waals surface area contributed by atoms with Crippen molar-refractivity contribution in [3.05, 3.63) is 41.1 Å². The summed E-state index contributed by atoms with van der Waals surface area (Å²) in [5.74, 6) is 0.408. The van der Waals surface area contributed by atoms with E-state index in [-0.39, 0.29) is 5.56 Å². The maximum Gasteiger partial charge on any atom is 0.283 e. The molecule has 0 unspecified atom stereocenters. The minimum Gasteiger partial charge on any atom is -0.272 e. The summed E-state index contributed by atoms with van der Waals surface area (Å²) < 4.78 is 1.28. The number of hydrogen-bond donors (Lipinski definition) is 1. The first-order chi connectivity index (χ1) is 8.27. The van der Waals surface area contributed by atoms with Gasteiger partial charge in [-0.25, -0.2) is 15.0 Å². The third kappa shape index (κ3) is 1.92. The van der Waals surface area contributed by atoms with Crippen LogP contribution in [0.4, 0.5) is 0 Å². The molecule has 0 bridgehead atoms. The molecule has 1 N–H and O–H groups in total. The zero-order chi connectivity index (χ0) is 12.3. The fraction of sp³-hybridized carbons (Fsp3) is 0.0909. The highest BCUT2D eigenvalue weighted by atomic mass is 16.1. The van der Waals surface area contributed by atoms with Crippen LogP contribution in [0.2, 0.25) is 0 Å². The molecular weight excluding hydrogens is 218 g/mol. The molecule has 2 aromatic heterocycles. The van der Waals surface area contributed by atoms with E-state index in [2.05, 4.69) is 26.8 Å². The largest absolute Gasteiger partial charge is 0.283 e. The van der Waals surface area contributed by atoms with E-state index in [9.17, 15) is 4.79 Å². The van der Waals surface area contributed by atoms with Crippen molar-refractivity contribution in [1.29, 1.82) is 0 Å². The molecule has 0 aliphatic rings. The molecule has 2 aromatic rings. The van der Waals surface area contributed by atoms with Gasteiger partial charge >= 0.3 is 0 Å². The van der Waals surface area contributed by atoms with E-state index in [0.717, 1.165) is 0 Å². The zero-order valence-electron chi connectivity index (χ0n) is 9.29. The van der Waals surface area contributed by atoms with Gasteiger partial charge in [-0.3, -0.25) is 9.89 Å². The summed E-state index contributed by atoms with van der Waals surface area (Å²) in [4.78, 5) is 23.6. The lowest BCUT2D eigenvalue weighted by Crippen LogP contribution is -2.14. The zero-order valence-corrected chi connectivity index (χ0v) is 9.29. The summed E-state index contributed by atoms with van der Waals surface area (Å²) in [7, 11) is 0. The third-order valence-corrected chi connectivity index (χ3v) is 2.19. The molecule has 86 valence electrons. The fourth-order valence-electron chi connectivity index (χ4n) is 1.39. The number of aliphatic imine (C=N–C) groups is 1. The average molecular weight is 229 g/mol. The SMILES string of the molecule is C=N/C(=C\C=C/C)n1[nH]c2ncncc2c1=O. The number of aromatic amines is 1. The van der Waals surface area contributed by atoms with Gasteiger partial charge in [0.25, 0.3) is 5.56 Å². The Hall–Kier alpha value is -2.50. The molecular formula is C11H11N5O. The van der Waals surface area contributed by atoms with Gasteiger partial charge in [-0.1, -0.05) is 12.2 Å². The molecule has 0 aliphatic heterocycles. The summed E-state index contributed by atoms with van der Waals surface area (Å²) in [5, 5.41) is 3.26. The smallest absolute Gasteiger partial charge is 0.272 e. The Labute approximate surface area is 97.0 Å². The van der Waals surface area contributed by atoms with Crippen LogP contribution in [0.25, 0.3) is 16.9 Å². The number of aromatic nitrogens is 4. The highest BCUT2D eigenvalue weighted by molar-refractivity contribution is 5.73. The summed E-state index contributed by atoms with van der Waals surface area (Å²) in [6.45, 7) is 5.31. The first-order valence-electron chi connectivity index (χ1n) is 4.98. The first kappa shape index (κ1) is 11.0. The van der Waals surface area contributed by atoms with E-state index >= 15 is 0 Å². The molecule has 0 spiro atoms. The van der Waals surface area contributed by atoms with Crippen molar-refractivity contribution in [2.75, 3.05) is 0 Å². The Morgan fingerprint density at radius 3 is 3.12 bits per heavy atom. The van der Waals surface area contributed by atoms with Gasteiger partial charge in [0.1, 0.15) is 11.7 Å². The number of H-pyrrole nitrogens is 1. The molecule has 17 heavy (non-hydrogen) atoms. The van der Waals surface area contributed by atoms with Crippen LogP contribution in [0.1, 0.15) is 6.92 Å². The number of fused-ring (bicyclic) bond motifs is 1. The Bertz CT molecular complexity index is 662. The second-order valence-corrected chi connectivity index (χ2v) is 3.25. The quantitative estimate of drug-likeness (QED) is 0.634. The monoisotopic (exact) mass is 229 g/mol. The van der Waals surface area contributed by atoms with Crippen LogP contribution in [0, 0.1) is 0 Å². The Balaban J connectivity index is 2.66. The fourth-order valence-corrected chi connectivity index (χ4v) is 1.39. The standard InChI is InChI=1S/C11H11N5O/c1-3-4-5-9(12-2)16-11(17)8-6-13-7-14-10(8)15-16/h3-7H,2H2,1H3,(H,13,14,15)/b4-3-,9-5+. The molecule has 0 fully saturated rings. The lowest BCUT2D eigenvalue weighted by molar-refractivity contribution is 0.867. The van der Waals surface area contributed by atoms with Crippen molar-refractivity contribution < 1.29 is 0 Å². The van der Waals surface area contributed by atoms with Crippen molar-refractivity contribution >= 4 is 23.6 Å². The minimum absolute atomic E-state index is 0.247. The Kier molecular flexibility index (Phi) is 2.95. The van der Waals surface area contributed by atoms with Gasteiger partial charge in [0.2, 0.25) is 0 Å². The molecule has 0 aromatic carbocycles. The highest BCUT2D eigenvalue weighted by Gasteiger charge is 2.09. The van der Waals surface area contributed by atoms with Gasteiger partial charge in [0.15, 0.2) is 11.5 Å². The maximum atomic E-state index is 12.0. The highest BCUT2D eigenvalue weighted by Crippen LogP contribution is 2.06. The predicted octanol–water partition coefficient (Wildman–Crippen LogP) is 1.19. The molecule has 0 saturated heterocycles. The summed E-state index contributed by atoms with van der Waals surface area (Å²) in [5.41, 5.74) is 0.226. The van der Waals surface area contributed by atoms with Crippen molar-refractivity contribution in [2.45, 2.75) is 6.92 Å². The average Bonchev–Trinajstić information content (AvgIpc) is 2.69. The normalized spacial score (nSPS) is 12.4. The first-order valence-corrected chi connectivity index (χ1v) is 4.98. The molecule has 2 heterocycles. The summed E-state index contributed by atoms with van der Waals surface area (Å²) in [6.07, 6.45) is 8.12. The number of nitrogens with one attached hydrogen (secondary N) is 1. The third-order valence-electron chi connectivity index (χ3n) is 2.19. The number of hydrogen-bond acceptors (Lipinski definition) is 4. The van der Waals surface area contributed by atoms with Crippen LogP contribution < -0.4 is 5.56 Å². The summed E-state index contributed by atoms with van der Waals surface area (Å²) >= 11 is 0. The van der Waals surface area contributed by atoms with Crippen LogP contribution in [0.5, 0.6) is 0 Å². The lowest BCUT2D eigenvalue weighted by atomic mass is 10.4. The maximum absolute atomic E-state index is 12.0. The Morgan fingerprint density at radius 1 is 1.65 bits per heavy atom. The van der Waals surface area contributed by atoms with Gasteiger partial charge < -0.3 is 0 Å². The van der Waals surface area contributed by atoms with Crippen molar-refractivity contribution in [3.63, 3.8) is 0 Å². The molecule has 0 aliphatic carbocycles. The molecule has 0 radical (unpaired) electrons. The van der Waals surface area contributed by atoms with Crippen LogP contribution in [-0.4, -0.2) is 26.5 Å². The van der Waals surface area contributed by atoms with E-state index < -0.39 is 0 Å². The second kappa shape index (κ2) is 4.56.